The van der Waals surface area contributed by atoms with E-state index in [0.717, 1.165) is 5.56 Å². The van der Waals surface area contributed by atoms with Crippen molar-refractivity contribution in [1.29, 1.82) is 0 Å². The molecule has 2 amide bonds. The molecular formula is C17H16ClN3O4. The average Bonchev–Trinajstić information content (AvgIpc) is 2.74. The number of carbonyl (C=O) groups is 2. The molecule has 8 heteroatoms. The average molecular weight is 362 g/mol. The van der Waals surface area contributed by atoms with Crippen LogP contribution in [-0.2, 0) is 11.3 Å². The van der Waals surface area contributed by atoms with Crippen molar-refractivity contribution in [2.75, 3.05) is 19.7 Å². The predicted molar refractivity (Wildman–Crippen MR) is 90.1 cm³/mol. The first-order valence-corrected chi connectivity index (χ1v) is 8.07. The van der Waals surface area contributed by atoms with E-state index < -0.39 is 0 Å². The lowest BCUT2D eigenvalue weighted by Crippen LogP contribution is -2.39. The van der Waals surface area contributed by atoms with Crippen LogP contribution in [0.15, 0.2) is 42.7 Å². The number of benzene rings is 1. The number of fused-ring (bicyclic) bond motifs is 1. The molecule has 1 aromatic carbocycles. The third-order valence-electron chi connectivity index (χ3n) is 3.79. The highest BCUT2D eigenvalue weighted by Crippen LogP contribution is 2.26. The van der Waals surface area contributed by atoms with Crippen molar-refractivity contribution in [3.63, 3.8) is 0 Å². The van der Waals surface area contributed by atoms with E-state index in [9.17, 15) is 14.8 Å². The van der Waals surface area contributed by atoms with Crippen LogP contribution in [0.25, 0.3) is 0 Å². The van der Waals surface area contributed by atoms with Gasteiger partial charge in [0.05, 0.1) is 0 Å². The summed E-state index contributed by atoms with van der Waals surface area (Å²) in [5, 5.41) is 14.5. The molecule has 7 nitrogen and oxygen atoms in total. The Morgan fingerprint density at radius 3 is 3.04 bits per heavy atom. The number of hydrogen-bond donors (Lipinski definition) is 1. The maximum Gasteiger partial charge on any atom is 0.260 e. The summed E-state index contributed by atoms with van der Waals surface area (Å²) in [6, 6.07) is 8.26. The first kappa shape index (κ1) is 17.0. The topological polar surface area (TPSA) is 85.6 Å². The number of amides is 2. The van der Waals surface area contributed by atoms with Crippen molar-refractivity contribution in [2.24, 2.45) is 0 Å². The van der Waals surface area contributed by atoms with E-state index in [-0.39, 0.29) is 30.5 Å². The largest absolute Gasteiger partial charge is 0.619 e. The number of ether oxygens (including phenoxy) is 1. The molecule has 1 aromatic heterocycles. The van der Waals surface area contributed by atoms with Crippen molar-refractivity contribution in [3.05, 3.63) is 64.1 Å². The molecule has 0 atom stereocenters. The maximum atomic E-state index is 12.2. The zero-order valence-electron chi connectivity index (χ0n) is 13.3. The number of nitrogens with one attached hydrogen (secondary N) is 1. The van der Waals surface area contributed by atoms with Gasteiger partial charge >= 0.3 is 0 Å². The molecule has 0 unspecified atom stereocenters. The van der Waals surface area contributed by atoms with Crippen LogP contribution in [0.1, 0.15) is 15.9 Å². The number of aromatic nitrogens is 1. The van der Waals surface area contributed by atoms with Gasteiger partial charge in [-0.3, -0.25) is 9.59 Å². The van der Waals surface area contributed by atoms with Gasteiger partial charge in [0.1, 0.15) is 11.3 Å². The predicted octanol–water partition coefficient (Wildman–Crippen LogP) is 1.12. The molecule has 0 saturated carbocycles. The highest BCUT2D eigenvalue weighted by Gasteiger charge is 2.21. The molecule has 0 saturated heterocycles. The SMILES string of the molecule is O=C(NCCN1Cc2cc(Cl)ccc2OCC1=O)c1ccc[n+]([O-])c1. The fraction of sp³-hybridized carbons (Fsp3) is 0.235. The van der Waals surface area contributed by atoms with Gasteiger partial charge in [-0.05, 0) is 24.3 Å². The van der Waals surface area contributed by atoms with E-state index in [4.69, 9.17) is 16.3 Å². The summed E-state index contributed by atoms with van der Waals surface area (Å²) in [6.07, 6.45) is 2.49. The zero-order valence-corrected chi connectivity index (χ0v) is 14.0. The molecule has 1 aliphatic rings. The van der Waals surface area contributed by atoms with Crippen molar-refractivity contribution in [2.45, 2.75) is 6.54 Å². The van der Waals surface area contributed by atoms with Gasteiger partial charge in [0, 0.05) is 36.3 Å². The Labute approximate surface area is 149 Å². The van der Waals surface area contributed by atoms with Gasteiger partial charge in [0.25, 0.3) is 11.8 Å². The van der Waals surface area contributed by atoms with Crippen LogP contribution in [0, 0.1) is 5.21 Å². The summed E-state index contributed by atoms with van der Waals surface area (Å²) >= 11 is 6.00. The smallest absolute Gasteiger partial charge is 0.260 e. The highest BCUT2D eigenvalue weighted by molar-refractivity contribution is 6.30. The minimum atomic E-state index is -0.368. The van der Waals surface area contributed by atoms with Crippen molar-refractivity contribution >= 4 is 23.4 Å². The van der Waals surface area contributed by atoms with Crippen molar-refractivity contribution in [3.8, 4) is 5.75 Å². The number of halogens is 1. The number of hydrogen-bond acceptors (Lipinski definition) is 4. The summed E-state index contributed by atoms with van der Waals surface area (Å²) in [5.74, 6) is 0.0967. The van der Waals surface area contributed by atoms with Crippen LogP contribution >= 0.6 is 11.6 Å². The standard InChI is InChI=1S/C17H16ClN3O4/c18-14-3-4-15-13(8-14)9-20(16(22)11-25-15)7-5-19-17(23)12-2-1-6-21(24)10-12/h1-4,6,8,10H,5,7,9,11H2,(H,19,23). The molecule has 0 spiro atoms. The summed E-state index contributed by atoms with van der Waals surface area (Å²) in [5.41, 5.74) is 1.08. The summed E-state index contributed by atoms with van der Waals surface area (Å²) in [7, 11) is 0. The monoisotopic (exact) mass is 361 g/mol. The fourth-order valence-corrected chi connectivity index (χ4v) is 2.73. The lowest BCUT2D eigenvalue weighted by atomic mass is 10.2. The number of pyridine rings is 1. The normalized spacial score (nSPS) is 13.6. The van der Waals surface area contributed by atoms with Gasteiger partial charge in [-0.1, -0.05) is 11.6 Å². The Morgan fingerprint density at radius 2 is 2.24 bits per heavy atom. The molecule has 0 fully saturated rings. The van der Waals surface area contributed by atoms with E-state index in [1.165, 1.54) is 18.5 Å². The fourth-order valence-electron chi connectivity index (χ4n) is 2.54. The second kappa shape index (κ2) is 7.40. The van der Waals surface area contributed by atoms with E-state index in [0.29, 0.717) is 28.6 Å². The van der Waals surface area contributed by atoms with E-state index in [2.05, 4.69) is 5.32 Å². The van der Waals surface area contributed by atoms with Crippen LogP contribution in [-0.4, -0.2) is 36.4 Å². The number of nitrogens with zero attached hydrogens (tertiary/aromatic N) is 2. The van der Waals surface area contributed by atoms with Crippen LogP contribution in [0.4, 0.5) is 0 Å². The highest BCUT2D eigenvalue weighted by atomic mass is 35.5. The number of rotatable bonds is 4. The lowest BCUT2D eigenvalue weighted by Gasteiger charge is -2.20. The Morgan fingerprint density at radius 1 is 1.40 bits per heavy atom. The molecular weight excluding hydrogens is 346 g/mol. The molecule has 1 N–H and O–H groups in total. The Balaban J connectivity index is 1.60. The van der Waals surface area contributed by atoms with Gasteiger partial charge in [-0.25, -0.2) is 0 Å². The van der Waals surface area contributed by atoms with Crippen LogP contribution in [0.5, 0.6) is 5.75 Å². The molecule has 2 heterocycles. The van der Waals surface area contributed by atoms with E-state index in [1.807, 2.05) is 0 Å². The van der Waals surface area contributed by atoms with Gasteiger partial charge < -0.3 is 20.2 Å². The van der Waals surface area contributed by atoms with Crippen LogP contribution in [0.3, 0.4) is 0 Å². The Kier molecular flexibility index (Phi) is 5.04. The molecule has 130 valence electrons. The first-order valence-electron chi connectivity index (χ1n) is 7.69. The first-order chi connectivity index (χ1) is 12.0. The quantitative estimate of drug-likeness (QED) is 0.653. The molecule has 3 rings (SSSR count). The van der Waals surface area contributed by atoms with Gasteiger partial charge in [0.15, 0.2) is 19.0 Å². The molecule has 0 radical (unpaired) electrons. The molecule has 25 heavy (non-hydrogen) atoms. The second-order valence-corrected chi connectivity index (χ2v) is 6.00. The molecule has 1 aliphatic heterocycles. The molecule has 2 aromatic rings. The maximum absolute atomic E-state index is 12.2. The Bertz CT molecular complexity index is 812. The van der Waals surface area contributed by atoms with E-state index in [1.54, 1.807) is 29.2 Å². The number of carbonyl (C=O) groups excluding carboxylic acids is 2. The third kappa shape index (κ3) is 4.19. The van der Waals surface area contributed by atoms with E-state index >= 15 is 0 Å². The van der Waals surface area contributed by atoms with Crippen molar-refractivity contribution < 1.29 is 19.1 Å². The van der Waals surface area contributed by atoms with Gasteiger partial charge in [-0.2, -0.15) is 4.73 Å². The second-order valence-electron chi connectivity index (χ2n) is 5.56. The summed E-state index contributed by atoms with van der Waals surface area (Å²) in [6.45, 7) is 0.881. The minimum absolute atomic E-state index is 0.0581. The minimum Gasteiger partial charge on any atom is -0.619 e. The summed E-state index contributed by atoms with van der Waals surface area (Å²) in [4.78, 5) is 25.8. The molecule has 0 bridgehead atoms. The van der Waals surface area contributed by atoms with Gasteiger partial charge in [0.2, 0.25) is 0 Å². The molecule has 0 aliphatic carbocycles. The van der Waals surface area contributed by atoms with Gasteiger partial charge in [-0.15, -0.1) is 0 Å². The summed E-state index contributed by atoms with van der Waals surface area (Å²) < 4.78 is 6.04. The van der Waals surface area contributed by atoms with Crippen molar-refractivity contribution in [1.82, 2.24) is 10.2 Å². The lowest BCUT2D eigenvalue weighted by molar-refractivity contribution is -0.605. The third-order valence-corrected chi connectivity index (χ3v) is 4.03. The van der Waals surface area contributed by atoms with Crippen LogP contribution < -0.4 is 14.8 Å². The zero-order chi connectivity index (χ0) is 17.8. The van der Waals surface area contributed by atoms with Crippen LogP contribution in [0.2, 0.25) is 5.02 Å². The Hall–Kier alpha value is -2.80.